The van der Waals surface area contributed by atoms with Crippen molar-refractivity contribution >= 4 is 57.7 Å². The van der Waals surface area contributed by atoms with Gasteiger partial charge in [-0.1, -0.05) is 46.9 Å². The van der Waals surface area contributed by atoms with Gasteiger partial charge in [0.25, 0.3) is 5.91 Å². The molecule has 0 unspecified atom stereocenters. The maximum atomic E-state index is 12.4. The molecule has 128 valence electrons. The molecule has 2 aromatic carbocycles. The van der Waals surface area contributed by atoms with Crippen LogP contribution in [0.15, 0.2) is 53.9 Å². The minimum Gasteiger partial charge on any atom is -0.489 e. The number of rotatable bonds is 5. The zero-order valence-electron chi connectivity index (χ0n) is 12.8. The first-order valence-corrected chi connectivity index (χ1v) is 9.25. The number of hydrogen-bond donors (Lipinski definition) is 1. The van der Waals surface area contributed by atoms with Crippen molar-refractivity contribution in [3.63, 3.8) is 0 Å². The normalized spacial score (nSPS) is 10.5. The van der Waals surface area contributed by atoms with Gasteiger partial charge in [0.05, 0.1) is 20.6 Å². The summed E-state index contributed by atoms with van der Waals surface area (Å²) in [4.78, 5) is 12.9. The Kier molecular flexibility index (Phi) is 5.86. The Morgan fingerprint density at radius 1 is 1.04 bits per heavy atom. The van der Waals surface area contributed by atoms with Crippen LogP contribution < -0.4 is 10.1 Å². The van der Waals surface area contributed by atoms with Crippen LogP contribution in [0.5, 0.6) is 5.75 Å². The Balaban J connectivity index is 1.65. The molecule has 1 N–H and O–H groups in total. The van der Waals surface area contributed by atoms with Gasteiger partial charge in [0.15, 0.2) is 0 Å². The minimum absolute atomic E-state index is 0.269. The number of amides is 1. The van der Waals surface area contributed by atoms with Crippen LogP contribution >= 0.6 is 46.1 Å². The number of thiophene rings is 1. The lowest BCUT2D eigenvalue weighted by Gasteiger charge is -2.07. The number of anilines is 1. The number of halogens is 3. The van der Waals surface area contributed by atoms with Crippen molar-refractivity contribution in [3.8, 4) is 5.75 Å². The van der Waals surface area contributed by atoms with E-state index in [1.165, 1.54) is 11.3 Å². The Hall–Kier alpha value is -1.72. The predicted molar refractivity (Wildman–Crippen MR) is 105 cm³/mol. The first-order valence-electron chi connectivity index (χ1n) is 7.24. The van der Waals surface area contributed by atoms with Crippen molar-refractivity contribution in [1.29, 1.82) is 0 Å². The number of hydrogen-bond acceptors (Lipinski definition) is 3. The van der Waals surface area contributed by atoms with Crippen LogP contribution in [-0.4, -0.2) is 5.91 Å². The van der Waals surface area contributed by atoms with Crippen molar-refractivity contribution in [3.05, 3.63) is 79.4 Å². The summed E-state index contributed by atoms with van der Waals surface area (Å²) in [6, 6.07) is 14.0. The molecule has 0 radical (unpaired) electrons. The zero-order chi connectivity index (χ0) is 17.8. The molecule has 0 aliphatic carbocycles. The van der Waals surface area contributed by atoms with E-state index in [0.29, 0.717) is 38.0 Å². The monoisotopic (exact) mass is 411 g/mol. The van der Waals surface area contributed by atoms with E-state index in [0.717, 1.165) is 5.56 Å². The highest BCUT2D eigenvalue weighted by atomic mass is 35.5. The molecule has 0 aliphatic heterocycles. The zero-order valence-corrected chi connectivity index (χ0v) is 15.8. The highest BCUT2D eigenvalue weighted by Gasteiger charge is 2.13. The molecule has 1 amide bonds. The maximum Gasteiger partial charge on any atom is 0.265 e. The average molecular weight is 413 g/mol. The number of para-hydroxylation sites is 1. The highest BCUT2D eigenvalue weighted by Crippen LogP contribution is 2.30. The quantitative estimate of drug-likeness (QED) is 0.516. The van der Waals surface area contributed by atoms with Crippen LogP contribution in [0.25, 0.3) is 0 Å². The average Bonchev–Trinajstić information content (AvgIpc) is 3.05. The summed E-state index contributed by atoms with van der Waals surface area (Å²) in [6.07, 6.45) is 0. The van der Waals surface area contributed by atoms with Crippen LogP contribution in [0.2, 0.25) is 15.1 Å². The van der Waals surface area contributed by atoms with E-state index in [2.05, 4.69) is 5.32 Å². The third kappa shape index (κ3) is 4.67. The van der Waals surface area contributed by atoms with Gasteiger partial charge in [-0.2, -0.15) is 0 Å². The molecule has 0 spiro atoms. The summed E-state index contributed by atoms with van der Waals surface area (Å²) in [7, 11) is 0. The molecule has 1 aromatic heterocycles. The van der Waals surface area contributed by atoms with E-state index in [4.69, 9.17) is 39.5 Å². The van der Waals surface area contributed by atoms with Crippen LogP contribution in [0.1, 0.15) is 15.2 Å². The molecule has 0 fully saturated rings. The van der Waals surface area contributed by atoms with Crippen molar-refractivity contribution in [2.75, 3.05) is 5.32 Å². The lowest BCUT2D eigenvalue weighted by molar-refractivity contribution is 0.103. The van der Waals surface area contributed by atoms with E-state index in [1.54, 1.807) is 36.4 Å². The Morgan fingerprint density at radius 2 is 1.76 bits per heavy atom. The number of benzene rings is 2. The molecule has 25 heavy (non-hydrogen) atoms. The molecule has 0 saturated heterocycles. The fraction of sp³-hybridized carbons (Fsp3) is 0.0556. The molecular formula is C18H12Cl3NO2S. The van der Waals surface area contributed by atoms with E-state index in [-0.39, 0.29) is 5.91 Å². The molecular weight excluding hydrogens is 401 g/mol. The first-order chi connectivity index (χ1) is 12.0. The lowest BCUT2D eigenvalue weighted by atomic mass is 10.3. The van der Waals surface area contributed by atoms with Gasteiger partial charge in [0, 0.05) is 10.6 Å². The minimum atomic E-state index is -0.269. The molecule has 0 atom stereocenters. The van der Waals surface area contributed by atoms with Gasteiger partial charge in [-0.3, -0.25) is 4.79 Å². The molecule has 3 nitrogen and oxygen atoms in total. The van der Waals surface area contributed by atoms with Gasteiger partial charge >= 0.3 is 0 Å². The number of carbonyl (C=O) groups is 1. The summed E-state index contributed by atoms with van der Waals surface area (Å²) in [5.41, 5.74) is 1.29. The topological polar surface area (TPSA) is 38.3 Å². The van der Waals surface area contributed by atoms with E-state index < -0.39 is 0 Å². The van der Waals surface area contributed by atoms with E-state index in [9.17, 15) is 4.79 Å². The maximum absolute atomic E-state index is 12.4. The Labute approximate surface area is 164 Å². The van der Waals surface area contributed by atoms with Crippen molar-refractivity contribution in [2.24, 2.45) is 0 Å². The molecule has 0 bridgehead atoms. The number of nitrogens with one attached hydrogen (secondary N) is 1. The molecule has 0 aliphatic rings. The molecule has 0 saturated carbocycles. The van der Waals surface area contributed by atoms with Gasteiger partial charge in [-0.15, -0.1) is 11.3 Å². The predicted octanol–water partition coefficient (Wildman–Crippen LogP) is 6.54. The second kappa shape index (κ2) is 8.11. The first kappa shape index (κ1) is 18.1. The van der Waals surface area contributed by atoms with Crippen molar-refractivity contribution in [2.45, 2.75) is 6.61 Å². The summed E-state index contributed by atoms with van der Waals surface area (Å²) < 4.78 is 5.67. The van der Waals surface area contributed by atoms with Crippen molar-refractivity contribution in [1.82, 2.24) is 0 Å². The molecule has 7 heteroatoms. The third-order valence-electron chi connectivity index (χ3n) is 3.28. The van der Waals surface area contributed by atoms with Crippen LogP contribution in [0.3, 0.4) is 0 Å². The van der Waals surface area contributed by atoms with Crippen LogP contribution in [0.4, 0.5) is 5.69 Å². The Morgan fingerprint density at radius 3 is 2.48 bits per heavy atom. The lowest BCUT2D eigenvalue weighted by Crippen LogP contribution is -2.11. The van der Waals surface area contributed by atoms with Gasteiger partial charge in [-0.25, -0.2) is 0 Å². The molecule has 3 aromatic rings. The summed E-state index contributed by atoms with van der Waals surface area (Å²) in [5, 5.41) is 6.00. The fourth-order valence-corrected chi connectivity index (χ4v) is 3.55. The van der Waals surface area contributed by atoms with Gasteiger partial charge < -0.3 is 10.1 Å². The number of ether oxygens (including phenoxy) is 1. The number of carbonyl (C=O) groups excluding carboxylic acids is 1. The summed E-state index contributed by atoms with van der Waals surface area (Å²) >= 11 is 19.4. The molecule has 1 heterocycles. The Bertz CT molecular complexity index is 891. The van der Waals surface area contributed by atoms with Gasteiger partial charge in [-0.05, 0) is 41.8 Å². The van der Waals surface area contributed by atoms with Crippen molar-refractivity contribution < 1.29 is 9.53 Å². The summed E-state index contributed by atoms with van der Waals surface area (Å²) in [5.74, 6) is 0.404. The largest absolute Gasteiger partial charge is 0.489 e. The third-order valence-corrected chi connectivity index (χ3v) is 5.12. The van der Waals surface area contributed by atoms with Crippen LogP contribution in [-0.2, 0) is 6.61 Å². The smallest absolute Gasteiger partial charge is 0.265 e. The van der Waals surface area contributed by atoms with Gasteiger partial charge in [0.2, 0.25) is 0 Å². The highest BCUT2D eigenvalue weighted by molar-refractivity contribution is 7.12. The second-order valence-electron chi connectivity index (χ2n) is 5.12. The molecule has 3 rings (SSSR count). The van der Waals surface area contributed by atoms with E-state index in [1.807, 2.05) is 17.5 Å². The fourth-order valence-electron chi connectivity index (χ4n) is 2.09. The summed E-state index contributed by atoms with van der Waals surface area (Å²) in [6.45, 7) is 0.344. The van der Waals surface area contributed by atoms with E-state index >= 15 is 0 Å². The van der Waals surface area contributed by atoms with Crippen LogP contribution in [0, 0.1) is 0 Å². The van der Waals surface area contributed by atoms with Gasteiger partial charge in [0.1, 0.15) is 12.4 Å². The second-order valence-corrected chi connectivity index (χ2v) is 7.28. The standard InChI is InChI=1S/C18H12Cl3NO2S/c19-12-3-1-4-13(8-12)24-9-11-7-16(25-10-11)18(23)22-17-14(20)5-2-6-15(17)21/h1-8,10H,9H2,(H,22,23). The SMILES string of the molecule is O=C(Nc1c(Cl)cccc1Cl)c1cc(COc2cccc(Cl)c2)cs1.